The van der Waals surface area contributed by atoms with Gasteiger partial charge in [-0.15, -0.1) is 0 Å². The molecule has 0 aliphatic carbocycles. The highest BCUT2D eigenvalue weighted by atomic mass is 16.7. The van der Waals surface area contributed by atoms with Gasteiger partial charge in [-0.2, -0.15) is 0 Å². The zero-order valence-electron chi connectivity index (χ0n) is 7.99. The molecule has 0 saturated carbocycles. The smallest absolute Gasteiger partial charge is 0.196 e. The minimum atomic E-state index is -0.235. The number of hydrogen-bond acceptors (Lipinski definition) is 2. The monoisotopic (exact) mass is 178 g/mol. The molecule has 0 N–H and O–H groups in total. The molecule has 2 nitrogen and oxygen atoms in total. The van der Waals surface area contributed by atoms with Crippen molar-refractivity contribution in [1.82, 2.24) is 0 Å². The van der Waals surface area contributed by atoms with E-state index in [0.29, 0.717) is 0 Å². The van der Waals surface area contributed by atoms with Crippen molar-refractivity contribution in [1.29, 1.82) is 0 Å². The average molecular weight is 178 g/mol. The van der Waals surface area contributed by atoms with Crippen LogP contribution in [0.25, 0.3) is 6.08 Å². The van der Waals surface area contributed by atoms with E-state index in [0.717, 1.165) is 11.3 Å². The largest absolute Gasteiger partial charge is 0.465 e. The molecule has 0 amide bonds. The first kappa shape index (κ1) is 9.81. The van der Waals surface area contributed by atoms with Crippen LogP contribution in [-0.2, 0) is 4.74 Å². The molecule has 0 bridgehead atoms. The fourth-order valence-electron chi connectivity index (χ4n) is 0.983. The van der Waals surface area contributed by atoms with E-state index in [2.05, 4.69) is 6.58 Å². The Kier molecular flexibility index (Phi) is 3.53. The lowest BCUT2D eigenvalue weighted by Crippen LogP contribution is -2.14. The van der Waals surface area contributed by atoms with Crippen LogP contribution in [-0.4, -0.2) is 13.4 Å². The van der Waals surface area contributed by atoms with Gasteiger partial charge in [-0.1, -0.05) is 30.9 Å². The summed E-state index contributed by atoms with van der Waals surface area (Å²) in [5, 5.41) is 0. The first-order valence-electron chi connectivity index (χ1n) is 4.19. The summed E-state index contributed by atoms with van der Waals surface area (Å²) in [6, 6.07) is 7.71. The normalized spacial score (nSPS) is 12.2. The van der Waals surface area contributed by atoms with Gasteiger partial charge in [-0.3, -0.25) is 0 Å². The van der Waals surface area contributed by atoms with Crippen LogP contribution in [0.4, 0.5) is 0 Å². The number of para-hydroxylation sites is 1. The molecule has 0 fully saturated rings. The van der Waals surface area contributed by atoms with Crippen LogP contribution in [0.2, 0.25) is 0 Å². The van der Waals surface area contributed by atoms with Crippen molar-refractivity contribution >= 4 is 6.08 Å². The molecule has 1 aromatic rings. The number of benzene rings is 1. The van der Waals surface area contributed by atoms with E-state index >= 15 is 0 Å². The minimum absolute atomic E-state index is 0.235. The van der Waals surface area contributed by atoms with Gasteiger partial charge in [-0.25, -0.2) is 0 Å². The fraction of sp³-hybridized carbons (Fsp3) is 0.273. The molecule has 1 aromatic carbocycles. The Morgan fingerprint density at radius 1 is 1.38 bits per heavy atom. The molecule has 0 aromatic heterocycles. The maximum atomic E-state index is 5.49. The van der Waals surface area contributed by atoms with Crippen molar-refractivity contribution in [2.24, 2.45) is 0 Å². The van der Waals surface area contributed by atoms with Crippen molar-refractivity contribution in [3.05, 3.63) is 36.4 Å². The molecule has 0 aliphatic heterocycles. The second-order valence-electron chi connectivity index (χ2n) is 2.66. The van der Waals surface area contributed by atoms with Gasteiger partial charge >= 0.3 is 0 Å². The number of methoxy groups -OCH3 is 1. The number of hydrogen-bond donors (Lipinski definition) is 0. The predicted molar refractivity (Wildman–Crippen MR) is 53.6 cm³/mol. The summed E-state index contributed by atoms with van der Waals surface area (Å²) >= 11 is 0. The van der Waals surface area contributed by atoms with Crippen LogP contribution >= 0.6 is 0 Å². The molecular weight excluding hydrogens is 164 g/mol. The lowest BCUT2D eigenvalue weighted by atomic mass is 10.2. The third kappa shape index (κ3) is 2.60. The van der Waals surface area contributed by atoms with Crippen molar-refractivity contribution < 1.29 is 9.47 Å². The number of rotatable bonds is 4. The van der Waals surface area contributed by atoms with E-state index in [9.17, 15) is 0 Å². The molecule has 2 heteroatoms. The van der Waals surface area contributed by atoms with Crippen LogP contribution in [0.3, 0.4) is 0 Å². The average Bonchev–Trinajstić information content (AvgIpc) is 2.18. The molecule has 0 radical (unpaired) electrons. The summed E-state index contributed by atoms with van der Waals surface area (Å²) in [4.78, 5) is 0. The number of ether oxygens (including phenoxy) is 2. The summed E-state index contributed by atoms with van der Waals surface area (Å²) in [6.45, 7) is 5.55. The van der Waals surface area contributed by atoms with E-state index in [1.807, 2.05) is 31.2 Å². The lowest BCUT2D eigenvalue weighted by molar-refractivity contribution is -0.0384. The minimum Gasteiger partial charge on any atom is -0.465 e. The molecule has 1 unspecified atom stereocenters. The summed E-state index contributed by atoms with van der Waals surface area (Å²) in [5.41, 5.74) is 0.978. The zero-order chi connectivity index (χ0) is 9.68. The standard InChI is InChI=1S/C11H14O2/c1-4-10-7-5-6-8-11(10)13-9(2)12-3/h4-9H,1H2,2-3H3. The van der Waals surface area contributed by atoms with E-state index in [4.69, 9.17) is 9.47 Å². The van der Waals surface area contributed by atoms with Crippen LogP contribution < -0.4 is 4.74 Å². The molecule has 0 aliphatic rings. The van der Waals surface area contributed by atoms with Crippen LogP contribution in [0, 0.1) is 0 Å². The Morgan fingerprint density at radius 2 is 2.08 bits per heavy atom. The maximum absolute atomic E-state index is 5.49. The molecule has 0 heterocycles. The van der Waals surface area contributed by atoms with E-state index in [-0.39, 0.29) is 6.29 Å². The SMILES string of the molecule is C=Cc1ccccc1OC(C)OC. The molecule has 13 heavy (non-hydrogen) atoms. The quantitative estimate of drug-likeness (QED) is 0.660. The fourth-order valence-corrected chi connectivity index (χ4v) is 0.983. The third-order valence-electron chi connectivity index (χ3n) is 1.76. The zero-order valence-corrected chi connectivity index (χ0v) is 7.99. The highest BCUT2D eigenvalue weighted by Crippen LogP contribution is 2.20. The van der Waals surface area contributed by atoms with E-state index in [1.165, 1.54) is 0 Å². The Balaban J connectivity index is 2.80. The van der Waals surface area contributed by atoms with Crippen molar-refractivity contribution in [2.45, 2.75) is 13.2 Å². The van der Waals surface area contributed by atoms with E-state index < -0.39 is 0 Å². The first-order valence-corrected chi connectivity index (χ1v) is 4.19. The second-order valence-corrected chi connectivity index (χ2v) is 2.66. The van der Waals surface area contributed by atoms with E-state index in [1.54, 1.807) is 13.2 Å². The topological polar surface area (TPSA) is 18.5 Å². The van der Waals surface area contributed by atoms with Crippen LogP contribution in [0.1, 0.15) is 12.5 Å². The van der Waals surface area contributed by atoms with Crippen molar-refractivity contribution in [3.8, 4) is 5.75 Å². The lowest BCUT2D eigenvalue weighted by Gasteiger charge is -2.14. The van der Waals surface area contributed by atoms with Gasteiger partial charge in [0.1, 0.15) is 5.75 Å². The third-order valence-corrected chi connectivity index (χ3v) is 1.76. The summed E-state index contributed by atoms with van der Waals surface area (Å²) in [6.07, 6.45) is 1.53. The van der Waals surface area contributed by atoms with Crippen molar-refractivity contribution in [2.75, 3.05) is 7.11 Å². The van der Waals surface area contributed by atoms with Crippen LogP contribution in [0.15, 0.2) is 30.8 Å². The highest BCUT2D eigenvalue weighted by molar-refractivity contribution is 5.55. The maximum Gasteiger partial charge on any atom is 0.196 e. The van der Waals surface area contributed by atoms with Gasteiger partial charge in [0.2, 0.25) is 0 Å². The highest BCUT2D eigenvalue weighted by Gasteiger charge is 2.03. The van der Waals surface area contributed by atoms with Gasteiger partial charge in [0.15, 0.2) is 6.29 Å². The molecule has 0 spiro atoms. The van der Waals surface area contributed by atoms with Gasteiger partial charge in [0, 0.05) is 12.7 Å². The Hall–Kier alpha value is -1.28. The summed E-state index contributed by atoms with van der Waals surface area (Å²) in [7, 11) is 1.61. The Bertz CT molecular complexity index is 281. The van der Waals surface area contributed by atoms with Crippen molar-refractivity contribution in [3.63, 3.8) is 0 Å². The van der Waals surface area contributed by atoms with Gasteiger partial charge in [0.05, 0.1) is 0 Å². The van der Waals surface area contributed by atoms with Gasteiger partial charge < -0.3 is 9.47 Å². The van der Waals surface area contributed by atoms with Gasteiger partial charge in [0.25, 0.3) is 0 Å². The molecule has 70 valence electrons. The predicted octanol–water partition coefficient (Wildman–Crippen LogP) is 2.70. The Morgan fingerprint density at radius 3 is 2.69 bits per heavy atom. The van der Waals surface area contributed by atoms with Gasteiger partial charge in [-0.05, 0) is 13.0 Å². The first-order chi connectivity index (χ1) is 6.27. The Labute approximate surface area is 78.8 Å². The molecule has 1 atom stereocenters. The summed E-state index contributed by atoms with van der Waals surface area (Å²) < 4.78 is 10.5. The second kappa shape index (κ2) is 4.67. The molecule has 1 rings (SSSR count). The summed E-state index contributed by atoms with van der Waals surface area (Å²) in [5.74, 6) is 0.798. The molecular formula is C11H14O2. The van der Waals surface area contributed by atoms with Crippen LogP contribution in [0.5, 0.6) is 5.75 Å². The molecule has 0 saturated heterocycles.